The molecule has 2 aliphatic carbocycles. The number of hydrogen-bond acceptors (Lipinski definition) is 1. The fourth-order valence-corrected chi connectivity index (χ4v) is 3.81. The number of halogens is 1. The van der Waals surface area contributed by atoms with Gasteiger partial charge in [-0.25, -0.2) is 0 Å². The molecule has 2 fully saturated rings. The third-order valence-corrected chi connectivity index (χ3v) is 5.38. The van der Waals surface area contributed by atoms with Crippen molar-refractivity contribution in [2.24, 2.45) is 23.7 Å². The van der Waals surface area contributed by atoms with Gasteiger partial charge in [-0.3, -0.25) is 4.79 Å². The van der Waals surface area contributed by atoms with Gasteiger partial charge in [-0.2, -0.15) is 0 Å². The van der Waals surface area contributed by atoms with Crippen LogP contribution in [0.25, 0.3) is 0 Å². The van der Waals surface area contributed by atoms with E-state index in [1.807, 2.05) is 0 Å². The van der Waals surface area contributed by atoms with Crippen LogP contribution in [0.2, 0.25) is 0 Å². The van der Waals surface area contributed by atoms with Crippen molar-refractivity contribution in [3.63, 3.8) is 0 Å². The Bertz CT molecular complexity index is 265. The van der Waals surface area contributed by atoms with E-state index in [0.717, 1.165) is 17.8 Å². The molecule has 0 heterocycles. The molecule has 17 heavy (non-hydrogen) atoms. The average molecular weight is 302 g/mol. The van der Waals surface area contributed by atoms with Gasteiger partial charge < -0.3 is 5.32 Å². The van der Waals surface area contributed by atoms with E-state index in [0.29, 0.717) is 11.8 Å². The zero-order chi connectivity index (χ0) is 12.3. The van der Waals surface area contributed by atoms with Crippen molar-refractivity contribution in [1.29, 1.82) is 0 Å². The smallest absolute Gasteiger partial charge is 0.223 e. The first-order valence-electron chi connectivity index (χ1n) is 7.06. The summed E-state index contributed by atoms with van der Waals surface area (Å²) in [4.78, 5) is 11.9. The van der Waals surface area contributed by atoms with Crippen LogP contribution in [0.15, 0.2) is 0 Å². The van der Waals surface area contributed by atoms with E-state index in [2.05, 4.69) is 28.2 Å². The van der Waals surface area contributed by atoms with Crippen molar-refractivity contribution in [3.8, 4) is 0 Å². The lowest BCUT2D eigenvalue weighted by atomic mass is 9.80. The summed E-state index contributed by atoms with van der Waals surface area (Å²) in [6, 6.07) is 0. The van der Waals surface area contributed by atoms with Crippen LogP contribution in [-0.4, -0.2) is 17.8 Å². The number of carbonyl (C=O) groups excluding carboxylic acids is 1. The van der Waals surface area contributed by atoms with Crippen molar-refractivity contribution in [2.45, 2.75) is 45.4 Å². The highest BCUT2D eigenvalue weighted by molar-refractivity contribution is 9.09. The van der Waals surface area contributed by atoms with Crippen LogP contribution in [-0.2, 0) is 4.79 Å². The summed E-state index contributed by atoms with van der Waals surface area (Å²) in [6.07, 6.45) is 7.81. The quantitative estimate of drug-likeness (QED) is 0.775. The fraction of sp³-hybridized carbons (Fsp3) is 0.929. The van der Waals surface area contributed by atoms with E-state index in [4.69, 9.17) is 0 Å². The fourth-order valence-electron chi connectivity index (χ4n) is 2.96. The first-order chi connectivity index (χ1) is 8.22. The first-order valence-corrected chi connectivity index (χ1v) is 8.18. The SMILES string of the molecule is CC(C(=O)NCC1CCCCC1CBr)C1CC1. The second kappa shape index (κ2) is 6.21. The van der Waals surface area contributed by atoms with Gasteiger partial charge in [0.25, 0.3) is 0 Å². The molecule has 3 heteroatoms. The van der Waals surface area contributed by atoms with Crippen molar-refractivity contribution >= 4 is 21.8 Å². The minimum atomic E-state index is 0.237. The molecule has 3 atom stereocenters. The number of alkyl halides is 1. The van der Waals surface area contributed by atoms with E-state index in [1.54, 1.807) is 0 Å². The maximum Gasteiger partial charge on any atom is 0.223 e. The molecule has 3 unspecified atom stereocenters. The zero-order valence-electron chi connectivity index (χ0n) is 10.8. The van der Waals surface area contributed by atoms with Gasteiger partial charge in [-0.1, -0.05) is 35.7 Å². The highest BCUT2D eigenvalue weighted by Gasteiger charge is 2.33. The standard InChI is InChI=1S/C14H24BrNO/c1-10(11-6-7-11)14(17)16-9-13-5-3-2-4-12(13)8-15/h10-13H,2-9H2,1H3,(H,16,17). The van der Waals surface area contributed by atoms with Crippen LogP contribution < -0.4 is 5.32 Å². The minimum Gasteiger partial charge on any atom is -0.356 e. The van der Waals surface area contributed by atoms with E-state index in [-0.39, 0.29) is 11.8 Å². The Balaban J connectivity index is 1.73. The van der Waals surface area contributed by atoms with E-state index >= 15 is 0 Å². The molecule has 0 aromatic heterocycles. The summed E-state index contributed by atoms with van der Waals surface area (Å²) in [7, 11) is 0. The lowest BCUT2D eigenvalue weighted by molar-refractivity contribution is -0.125. The van der Waals surface area contributed by atoms with Gasteiger partial charge >= 0.3 is 0 Å². The zero-order valence-corrected chi connectivity index (χ0v) is 12.3. The molecule has 2 aliphatic rings. The summed E-state index contributed by atoms with van der Waals surface area (Å²) in [5.41, 5.74) is 0. The van der Waals surface area contributed by atoms with Crippen LogP contribution in [0.4, 0.5) is 0 Å². The van der Waals surface area contributed by atoms with E-state index < -0.39 is 0 Å². The minimum absolute atomic E-state index is 0.237. The highest BCUT2D eigenvalue weighted by Crippen LogP contribution is 2.36. The molecular weight excluding hydrogens is 278 g/mol. The molecule has 0 saturated heterocycles. The Kier molecular flexibility index (Phi) is 4.89. The van der Waals surface area contributed by atoms with Gasteiger partial charge in [0.1, 0.15) is 0 Å². The van der Waals surface area contributed by atoms with Gasteiger partial charge in [0.2, 0.25) is 5.91 Å². The maximum atomic E-state index is 11.9. The molecular formula is C14H24BrNO. The summed E-state index contributed by atoms with van der Waals surface area (Å²) < 4.78 is 0. The Morgan fingerprint density at radius 1 is 1.24 bits per heavy atom. The molecule has 0 spiro atoms. The second-order valence-corrected chi connectivity index (χ2v) is 6.48. The summed E-state index contributed by atoms with van der Waals surface area (Å²) in [5.74, 6) is 2.65. The van der Waals surface area contributed by atoms with Crippen LogP contribution in [0.1, 0.15) is 45.4 Å². The first kappa shape index (κ1) is 13.4. The predicted molar refractivity (Wildman–Crippen MR) is 74.1 cm³/mol. The monoisotopic (exact) mass is 301 g/mol. The number of hydrogen-bond donors (Lipinski definition) is 1. The van der Waals surface area contributed by atoms with Crippen molar-refractivity contribution in [1.82, 2.24) is 5.32 Å². The van der Waals surface area contributed by atoms with Crippen LogP contribution in [0.3, 0.4) is 0 Å². The number of rotatable bonds is 5. The van der Waals surface area contributed by atoms with Crippen LogP contribution in [0, 0.1) is 23.7 Å². The topological polar surface area (TPSA) is 29.1 Å². The third kappa shape index (κ3) is 3.70. The van der Waals surface area contributed by atoms with Crippen molar-refractivity contribution in [2.75, 3.05) is 11.9 Å². The molecule has 0 aromatic carbocycles. The maximum absolute atomic E-state index is 11.9. The summed E-state index contributed by atoms with van der Waals surface area (Å²) in [6.45, 7) is 2.97. The highest BCUT2D eigenvalue weighted by atomic mass is 79.9. The van der Waals surface area contributed by atoms with E-state index in [9.17, 15) is 4.79 Å². The van der Waals surface area contributed by atoms with Gasteiger partial charge in [-0.15, -0.1) is 0 Å². The van der Waals surface area contributed by atoms with Gasteiger partial charge in [0.15, 0.2) is 0 Å². The Morgan fingerprint density at radius 3 is 2.47 bits per heavy atom. The molecule has 1 N–H and O–H groups in total. The largest absolute Gasteiger partial charge is 0.356 e. The molecule has 2 saturated carbocycles. The average Bonchev–Trinajstić information content (AvgIpc) is 3.19. The number of nitrogens with one attached hydrogen (secondary N) is 1. The van der Waals surface area contributed by atoms with Crippen LogP contribution in [0.5, 0.6) is 0 Å². The number of amides is 1. The predicted octanol–water partition coefficient (Wildman–Crippen LogP) is 3.35. The third-order valence-electron chi connectivity index (χ3n) is 4.55. The molecule has 2 nitrogen and oxygen atoms in total. The lowest BCUT2D eigenvalue weighted by Crippen LogP contribution is -2.37. The van der Waals surface area contributed by atoms with Gasteiger partial charge in [-0.05, 0) is 43.4 Å². The molecule has 1 amide bonds. The molecule has 98 valence electrons. The van der Waals surface area contributed by atoms with Gasteiger partial charge in [0.05, 0.1) is 0 Å². The summed E-state index contributed by atoms with van der Waals surface area (Å²) >= 11 is 3.61. The number of carbonyl (C=O) groups is 1. The Hall–Kier alpha value is -0.0500. The molecule has 0 radical (unpaired) electrons. The van der Waals surface area contributed by atoms with Gasteiger partial charge in [0, 0.05) is 17.8 Å². The van der Waals surface area contributed by atoms with Crippen molar-refractivity contribution < 1.29 is 4.79 Å². The Morgan fingerprint density at radius 2 is 1.88 bits per heavy atom. The van der Waals surface area contributed by atoms with Crippen LogP contribution >= 0.6 is 15.9 Å². The second-order valence-electron chi connectivity index (χ2n) is 5.83. The summed E-state index contributed by atoms with van der Waals surface area (Å²) in [5, 5.41) is 4.27. The molecule has 2 rings (SSSR count). The molecule has 0 bridgehead atoms. The van der Waals surface area contributed by atoms with Crippen molar-refractivity contribution in [3.05, 3.63) is 0 Å². The Labute approximate surface area is 113 Å². The molecule has 0 aliphatic heterocycles. The van der Waals surface area contributed by atoms with E-state index in [1.165, 1.54) is 38.5 Å². The normalized spacial score (nSPS) is 30.9. The lowest BCUT2D eigenvalue weighted by Gasteiger charge is -2.30. The molecule has 0 aromatic rings.